The van der Waals surface area contributed by atoms with Crippen molar-refractivity contribution >= 4 is 17.6 Å². The zero-order valence-corrected chi connectivity index (χ0v) is 10.7. The molecule has 0 fully saturated rings. The van der Waals surface area contributed by atoms with Gasteiger partial charge in [0.05, 0.1) is 11.9 Å². The molecule has 94 valence electrons. The first-order valence-electron chi connectivity index (χ1n) is 5.56. The summed E-state index contributed by atoms with van der Waals surface area (Å²) in [6.45, 7) is 0. The van der Waals surface area contributed by atoms with Crippen molar-refractivity contribution in [3.63, 3.8) is 0 Å². The van der Waals surface area contributed by atoms with E-state index in [2.05, 4.69) is 5.10 Å². The first kappa shape index (κ1) is 12.6. The predicted molar refractivity (Wildman–Crippen MR) is 69.6 cm³/mol. The fourth-order valence-corrected chi connectivity index (χ4v) is 2.01. The highest BCUT2D eigenvalue weighted by atomic mass is 35.5. The van der Waals surface area contributed by atoms with Crippen molar-refractivity contribution in [3.8, 4) is 11.3 Å². The molecule has 1 aromatic heterocycles. The Labute approximate surface area is 110 Å². The molecule has 0 spiro atoms. The molecule has 0 unspecified atom stereocenters. The number of aliphatic carboxylic acids is 1. The lowest BCUT2D eigenvalue weighted by Gasteiger charge is -2.06. The molecule has 1 aromatic carbocycles. The summed E-state index contributed by atoms with van der Waals surface area (Å²) in [4.78, 5) is 10.6. The van der Waals surface area contributed by atoms with Crippen molar-refractivity contribution < 1.29 is 9.90 Å². The van der Waals surface area contributed by atoms with E-state index in [1.54, 1.807) is 10.9 Å². The van der Waals surface area contributed by atoms with Crippen molar-refractivity contribution in [1.29, 1.82) is 0 Å². The van der Waals surface area contributed by atoms with Crippen LogP contribution in [-0.2, 0) is 18.3 Å². The lowest BCUT2D eigenvalue weighted by Crippen LogP contribution is -1.99. The van der Waals surface area contributed by atoms with Crippen molar-refractivity contribution in [2.45, 2.75) is 12.8 Å². The maximum absolute atomic E-state index is 10.6. The van der Waals surface area contributed by atoms with Crippen molar-refractivity contribution in [3.05, 3.63) is 41.0 Å². The predicted octanol–water partition coefficient (Wildman–Crippen LogP) is 2.76. The third-order valence-corrected chi connectivity index (χ3v) is 2.99. The van der Waals surface area contributed by atoms with Gasteiger partial charge in [-0.3, -0.25) is 9.48 Å². The number of aromatic nitrogens is 2. The Kier molecular flexibility index (Phi) is 3.67. The van der Waals surface area contributed by atoms with Crippen LogP contribution in [0, 0.1) is 0 Å². The number of carbonyl (C=O) groups is 1. The quantitative estimate of drug-likeness (QED) is 0.924. The van der Waals surface area contributed by atoms with Gasteiger partial charge in [0, 0.05) is 24.1 Å². The van der Waals surface area contributed by atoms with E-state index in [0.29, 0.717) is 11.4 Å². The maximum Gasteiger partial charge on any atom is 0.303 e. The standard InChI is InChI=1S/C13H13ClN2O2/c1-16-13(9-2-5-11(14)6-3-9)10(8-15-16)4-7-12(17)18/h2-3,5-6,8H,4,7H2,1H3,(H,17,18). The third-order valence-electron chi connectivity index (χ3n) is 2.74. The molecule has 0 bridgehead atoms. The number of rotatable bonds is 4. The molecule has 0 radical (unpaired) electrons. The first-order valence-corrected chi connectivity index (χ1v) is 5.94. The van der Waals surface area contributed by atoms with Gasteiger partial charge in [-0.1, -0.05) is 23.7 Å². The number of hydrogen-bond donors (Lipinski definition) is 1. The van der Waals surface area contributed by atoms with Gasteiger partial charge >= 0.3 is 5.97 Å². The van der Waals surface area contributed by atoms with E-state index in [1.807, 2.05) is 31.3 Å². The van der Waals surface area contributed by atoms with Gasteiger partial charge in [0.2, 0.25) is 0 Å². The summed E-state index contributed by atoms with van der Waals surface area (Å²) in [5.74, 6) is -0.805. The SMILES string of the molecule is Cn1ncc(CCC(=O)O)c1-c1ccc(Cl)cc1. The Balaban J connectivity index is 2.34. The highest BCUT2D eigenvalue weighted by Gasteiger charge is 2.12. The third kappa shape index (κ3) is 2.71. The van der Waals surface area contributed by atoms with Gasteiger partial charge in [0.25, 0.3) is 0 Å². The van der Waals surface area contributed by atoms with E-state index in [9.17, 15) is 4.79 Å². The first-order chi connectivity index (χ1) is 8.58. The second-order valence-corrected chi connectivity index (χ2v) is 4.48. The Bertz CT molecular complexity index is 561. The van der Waals surface area contributed by atoms with Crippen molar-refractivity contribution in [2.24, 2.45) is 7.05 Å². The molecule has 2 aromatic rings. The van der Waals surface area contributed by atoms with Gasteiger partial charge in [-0.25, -0.2) is 0 Å². The van der Waals surface area contributed by atoms with Gasteiger partial charge in [-0.05, 0) is 24.1 Å². The molecule has 0 atom stereocenters. The largest absolute Gasteiger partial charge is 0.481 e. The normalized spacial score (nSPS) is 10.6. The van der Waals surface area contributed by atoms with Crippen LogP contribution in [0.1, 0.15) is 12.0 Å². The highest BCUT2D eigenvalue weighted by Crippen LogP contribution is 2.25. The van der Waals surface area contributed by atoms with Crippen molar-refractivity contribution in [2.75, 3.05) is 0 Å². The van der Waals surface area contributed by atoms with Gasteiger partial charge in [-0.15, -0.1) is 0 Å². The average Bonchev–Trinajstić information content (AvgIpc) is 2.69. The Morgan fingerprint density at radius 2 is 2.06 bits per heavy atom. The summed E-state index contributed by atoms with van der Waals surface area (Å²) in [7, 11) is 1.84. The van der Waals surface area contributed by atoms with Gasteiger partial charge < -0.3 is 5.11 Å². The molecule has 18 heavy (non-hydrogen) atoms. The maximum atomic E-state index is 10.6. The molecule has 4 nitrogen and oxygen atoms in total. The number of carboxylic acid groups (broad SMARTS) is 1. The summed E-state index contributed by atoms with van der Waals surface area (Å²) >= 11 is 5.86. The molecule has 0 amide bonds. The molecule has 0 aliphatic heterocycles. The minimum absolute atomic E-state index is 0.103. The van der Waals surface area contributed by atoms with E-state index < -0.39 is 5.97 Å². The van der Waals surface area contributed by atoms with Crippen LogP contribution in [0.3, 0.4) is 0 Å². The van der Waals surface area contributed by atoms with Gasteiger partial charge in [0.15, 0.2) is 0 Å². The van der Waals surface area contributed by atoms with Crippen LogP contribution in [0.25, 0.3) is 11.3 Å². The number of carboxylic acids is 1. The molecule has 0 saturated carbocycles. The monoisotopic (exact) mass is 264 g/mol. The summed E-state index contributed by atoms with van der Waals surface area (Å²) in [5.41, 5.74) is 2.86. The zero-order valence-electron chi connectivity index (χ0n) is 9.93. The lowest BCUT2D eigenvalue weighted by atomic mass is 10.0. The Morgan fingerprint density at radius 3 is 2.67 bits per heavy atom. The lowest BCUT2D eigenvalue weighted by molar-refractivity contribution is -0.136. The smallest absolute Gasteiger partial charge is 0.303 e. The fourth-order valence-electron chi connectivity index (χ4n) is 1.89. The molecule has 0 aliphatic rings. The highest BCUT2D eigenvalue weighted by molar-refractivity contribution is 6.30. The molecular weight excluding hydrogens is 252 g/mol. The van der Waals surface area contributed by atoms with E-state index in [0.717, 1.165) is 16.8 Å². The molecule has 0 saturated heterocycles. The van der Waals surface area contributed by atoms with Crippen LogP contribution in [0.4, 0.5) is 0 Å². The minimum atomic E-state index is -0.805. The molecule has 1 heterocycles. The molecular formula is C13H13ClN2O2. The number of benzene rings is 1. The summed E-state index contributed by atoms with van der Waals surface area (Å²) in [5, 5.41) is 13.6. The van der Waals surface area contributed by atoms with E-state index >= 15 is 0 Å². The summed E-state index contributed by atoms with van der Waals surface area (Å²) in [6.07, 6.45) is 2.29. The zero-order chi connectivity index (χ0) is 13.1. The second kappa shape index (κ2) is 5.23. The molecule has 5 heteroatoms. The van der Waals surface area contributed by atoms with Crippen LogP contribution < -0.4 is 0 Å². The number of nitrogens with zero attached hydrogens (tertiary/aromatic N) is 2. The Hall–Kier alpha value is -1.81. The van der Waals surface area contributed by atoms with Crippen LogP contribution in [0.5, 0.6) is 0 Å². The molecule has 2 rings (SSSR count). The van der Waals surface area contributed by atoms with Crippen LogP contribution in [0.2, 0.25) is 5.02 Å². The fraction of sp³-hybridized carbons (Fsp3) is 0.231. The van der Waals surface area contributed by atoms with Gasteiger partial charge in [-0.2, -0.15) is 5.10 Å². The van der Waals surface area contributed by atoms with E-state index in [-0.39, 0.29) is 6.42 Å². The number of hydrogen-bond acceptors (Lipinski definition) is 2. The topological polar surface area (TPSA) is 55.1 Å². The summed E-state index contributed by atoms with van der Waals surface area (Å²) in [6, 6.07) is 7.43. The van der Waals surface area contributed by atoms with Crippen LogP contribution in [0.15, 0.2) is 30.5 Å². The van der Waals surface area contributed by atoms with E-state index in [1.165, 1.54) is 0 Å². The minimum Gasteiger partial charge on any atom is -0.481 e. The number of halogens is 1. The van der Waals surface area contributed by atoms with E-state index in [4.69, 9.17) is 16.7 Å². The average molecular weight is 265 g/mol. The molecule has 1 N–H and O–H groups in total. The summed E-state index contributed by atoms with van der Waals surface area (Å²) < 4.78 is 1.75. The molecule has 0 aliphatic carbocycles. The Morgan fingerprint density at radius 1 is 1.39 bits per heavy atom. The van der Waals surface area contributed by atoms with Crippen LogP contribution >= 0.6 is 11.6 Å². The van der Waals surface area contributed by atoms with Crippen molar-refractivity contribution in [1.82, 2.24) is 9.78 Å². The van der Waals surface area contributed by atoms with Crippen LogP contribution in [-0.4, -0.2) is 20.9 Å². The van der Waals surface area contributed by atoms with Gasteiger partial charge in [0.1, 0.15) is 0 Å². The second-order valence-electron chi connectivity index (χ2n) is 4.04. The number of aryl methyl sites for hydroxylation is 2.